The molecule has 0 saturated carbocycles. The molecule has 0 amide bonds. The normalized spacial score (nSPS) is 20.9. The SMILES string of the molecule is CCC(C)C1=[C]([Zr+2][C]2=C(C(C)CC)CC(C(C)CC)=C2C(C)CC)C(C(C)CC)=C(C(C)CC)C1.[Cl-].[Cl-]. The molecule has 0 fully saturated rings. The molecule has 37 heavy (non-hydrogen) atoms. The van der Waals surface area contributed by atoms with Gasteiger partial charge in [0.25, 0.3) is 0 Å². The summed E-state index contributed by atoms with van der Waals surface area (Å²) in [5.41, 5.74) is 11.1. The van der Waals surface area contributed by atoms with Crippen LogP contribution in [0.5, 0.6) is 0 Å². The molecule has 0 saturated heterocycles. The van der Waals surface area contributed by atoms with E-state index in [1.807, 2.05) is 40.0 Å². The van der Waals surface area contributed by atoms with Crippen molar-refractivity contribution in [3.63, 3.8) is 0 Å². The van der Waals surface area contributed by atoms with E-state index < -0.39 is 23.2 Å². The molecule has 6 atom stereocenters. The van der Waals surface area contributed by atoms with Crippen molar-refractivity contribution in [3.05, 3.63) is 40.0 Å². The fourth-order valence-electron chi connectivity index (χ4n) is 6.11. The fourth-order valence-corrected chi connectivity index (χ4v) is 11.8. The van der Waals surface area contributed by atoms with E-state index in [-0.39, 0.29) is 24.8 Å². The van der Waals surface area contributed by atoms with E-state index in [4.69, 9.17) is 0 Å². The van der Waals surface area contributed by atoms with Crippen molar-refractivity contribution >= 4 is 0 Å². The van der Waals surface area contributed by atoms with Crippen molar-refractivity contribution in [1.82, 2.24) is 0 Å². The molecule has 0 spiro atoms. The van der Waals surface area contributed by atoms with Gasteiger partial charge in [-0.05, 0) is 0 Å². The average Bonchev–Trinajstić information content (AvgIpc) is 3.45. The van der Waals surface area contributed by atoms with Crippen LogP contribution in [0.4, 0.5) is 0 Å². The standard InChI is InChI=1S/2C17H29.2ClH.Zr/c2*1-7-12(4)15-10-16(13(5)8-2)17(11-15)14(6)9-3;;;/h2*12-14H,7-10H2,1-6H3;2*1H;/q;;;;+2/p-2. The van der Waals surface area contributed by atoms with Crippen molar-refractivity contribution in [2.24, 2.45) is 35.5 Å². The number of hydrogen-bond donors (Lipinski definition) is 0. The molecule has 212 valence electrons. The summed E-state index contributed by atoms with van der Waals surface area (Å²) in [6.45, 7) is 29.6. The third kappa shape index (κ3) is 8.23. The van der Waals surface area contributed by atoms with E-state index in [0.717, 1.165) is 23.7 Å². The van der Waals surface area contributed by atoms with Crippen molar-refractivity contribution in [2.45, 2.75) is 134 Å². The molecule has 0 aliphatic heterocycles. The van der Waals surface area contributed by atoms with Crippen molar-refractivity contribution in [3.8, 4) is 0 Å². The topological polar surface area (TPSA) is 0 Å². The Morgan fingerprint density at radius 2 is 0.676 bits per heavy atom. The van der Waals surface area contributed by atoms with E-state index >= 15 is 0 Å². The van der Waals surface area contributed by atoms with Crippen molar-refractivity contribution < 1.29 is 48.0 Å². The van der Waals surface area contributed by atoms with Crippen LogP contribution in [0.2, 0.25) is 0 Å². The zero-order chi connectivity index (χ0) is 26.4. The maximum Gasteiger partial charge on any atom is -1.00 e. The van der Waals surface area contributed by atoms with Gasteiger partial charge in [0.15, 0.2) is 0 Å². The molecule has 0 N–H and O–H groups in total. The summed E-state index contributed by atoms with van der Waals surface area (Å²) in [5.74, 6) is 4.31. The van der Waals surface area contributed by atoms with Crippen LogP contribution in [-0.2, 0) is 23.2 Å². The Kier molecular flexibility index (Phi) is 17.5. The van der Waals surface area contributed by atoms with Crippen LogP contribution in [-0.4, -0.2) is 0 Å². The second-order valence-corrected chi connectivity index (χ2v) is 15.1. The Balaban J connectivity index is 0.00000648. The molecule has 2 rings (SSSR count). The van der Waals surface area contributed by atoms with E-state index in [0.29, 0.717) is 11.8 Å². The van der Waals surface area contributed by atoms with Crippen molar-refractivity contribution in [2.75, 3.05) is 0 Å². The summed E-state index contributed by atoms with van der Waals surface area (Å²) in [6, 6.07) is 0. The summed E-state index contributed by atoms with van der Waals surface area (Å²) >= 11 is -0.920. The van der Waals surface area contributed by atoms with Crippen LogP contribution >= 0.6 is 0 Å². The van der Waals surface area contributed by atoms with Crippen LogP contribution in [0, 0.1) is 35.5 Å². The van der Waals surface area contributed by atoms with Gasteiger partial charge < -0.3 is 24.8 Å². The van der Waals surface area contributed by atoms with Crippen LogP contribution in [0.25, 0.3) is 0 Å². The first-order chi connectivity index (χ1) is 16.6. The predicted molar refractivity (Wildman–Crippen MR) is 154 cm³/mol. The molecular weight excluding hydrogens is 571 g/mol. The Morgan fingerprint density at radius 1 is 0.432 bits per heavy atom. The zero-order valence-electron chi connectivity index (χ0n) is 26.4. The first kappa shape index (κ1) is 37.4. The van der Waals surface area contributed by atoms with Gasteiger partial charge in [-0.1, -0.05) is 0 Å². The van der Waals surface area contributed by atoms with Gasteiger partial charge in [0.05, 0.1) is 0 Å². The minimum Gasteiger partial charge on any atom is -1.00 e. The molecular formula is C34H58Cl2Zr. The van der Waals surface area contributed by atoms with E-state index in [1.165, 1.54) is 51.4 Å². The monoisotopic (exact) mass is 626 g/mol. The third-order valence-electron chi connectivity index (χ3n) is 9.92. The summed E-state index contributed by atoms with van der Waals surface area (Å²) in [6.07, 6.45) is 10.2. The minimum atomic E-state index is -0.920. The van der Waals surface area contributed by atoms with Gasteiger partial charge in [-0.2, -0.15) is 0 Å². The first-order valence-corrected chi connectivity index (χ1v) is 17.8. The van der Waals surface area contributed by atoms with Gasteiger partial charge in [-0.25, -0.2) is 0 Å². The Morgan fingerprint density at radius 3 is 0.919 bits per heavy atom. The number of hydrogen-bond acceptors (Lipinski definition) is 0. The largest absolute Gasteiger partial charge is 1.00 e. The van der Waals surface area contributed by atoms with E-state index in [2.05, 4.69) is 83.1 Å². The van der Waals surface area contributed by atoms with Gasteiger partial charge >= 0.3 is 233 Å². The molecule has 2 aliphatic carbocycles. The molecule has 0 aromatic rings. The molecule has 3 heteroatoms. The smallest absolute Gasteiger partial charge is 1.00 e. The van der Waals surface area contributed by atoms with Gasteiger partial charge in [-0.15, -0.1) is 0 Å². The summed E-state index contributed by atoms with van der Waals surface area (Å²) < 4.78 is 3.88. The summed E-state index contributed by atoms with van der Waals surface area (Å²) in [7, 11) is 0. The molecule has 6 unspecified atom stereocenters. The molecule has 0 aromatic carbocycles. The number of halogens is 2. The molecule has 0 aromatic heterocycles. The minimum absolute atomic E-state index is 0. The van der Waals surface area contributed by atoms with Crippen LogP contribution in [0.1, 0.15) is 134 Å². The van der Waals surface area contributed by atoms with Crippen LogP contribution < -0.4 is 24.8 Å². The zero-order valence-corrected chi connectivity index (χ0v) is 30.3. The maximum atomic E-state index is 2.53. The predicted octanol–water partition coefficient (Wildman–Crippen LogP) is 5.26. The van der Waals surface area contributed by atoms with Crippen LogP contribution in [0.15, 0.2) is 40.0 Å². The second-order valence-electron chi connectivity index (χ2n) is 12.0. The molecule has 0 heterocycles. The Labute approximate surface area is 256 Å². The summed E-state index contributed by atoms with van der Waals surface area (Å²) in [4.78, 5) is 0. The molecule has 0 radical (unpaired) electrons. The summed E-state index contributed by atoms with van der Waals surface area (Å²) in [5, 5.41) is 0. The maximum absolute atomic E-state index is 2.53. The molecule has 0 bridgehead atoms. The molecule has 0 nitrogen and oxygen atoms in total. The van der Waals surface area contributed by atoms with E-state index in [1.54, 1.807) is 0 Å². The van der Waals surface area contributed by atoms with Gasteiger partial charge in [0.2, 0.25) is 0 Å². The third-order valence-corrected chi connectivity index (χ3v) is 14.1. The Bertz CT molecular complexity index is 789. The quantitative estimate of drug-likeness (QED) is 0.246. The first-order valence-electron chi connectivity index (χ1n) is 15.3. The Hall–Kier alpha value is 0.423. The molecule has 2 aliphatic rings. The van der Waals surface area contributed by atoms with Crippen molar-refractivity contribution in [1.29, 1.82) is 0 Å². The number of allylic oxidation sites excluding steroid dienone is 8. The van der Waals surface area contributed by atoms with Gasteiger partial charge in [-0.3, -0.25) is 0 Å². The van der Waals surface area contributed by atoms with Gasteiger partial charge in [0, 0.05) is 0 Å². The average molecular weight is 629 g/mol. The second kappa shape index (κ2) is 17.3. The van der Waals surface area contributed by atoms with Gasteiger partial charge in [0.1, 0.15) is 0 Å². The fraction of sp³-hybridized carbons (Fsp3) is 0.765. The number of rotatable bonds is 14. The van der Waals surface area contributed by atoms with E-state index in [9.17, 15) is 0 Å². The van der Waals surface area contributed by atoms with Crippen LogP contribution in [0.3, 0.4) is 0 Å².